The molecule has 1 N–H and O–H groups in total. The lowest BCUT2D eigenvalue weighted by Crippen LogP contribution is -2.14. The maximum atomic E-state index is 8.53. The van der Waals surface area contributed by atoms with E-state index in [1.165, 1.54) is 11.8 Å². The molecule has 0 aliphatic rings. The van der Waals surface area contributed by atoms with Crippen LogP contribution in [-0.2, 0) is 0 Å². The molecule has 1 aromatic heterocycles. The van der Waals surface area contributed by atoms with Crippen LogP contribution in [0.1, 0.15) is 30.0 Å². The Labute approximate surface area is 98.9 Å². The number of aliphatic imine (C=N–C) groups is 1. The summed E-state index contributed by atoms with van der Waals surface area (Å²) < 4.78 is 5.08. The van der Waals surface area contributed by atoms with Crippen molar-refractivity contribution in [3.8, 4) is 6.19 Å². The molecule has 0 fully saturated rings. The topological polar surface area (TPSA) is 74.2 Å². The number of thioether (sulfide) groups is 1. The summed E-state index contributed by atoms with van der Waals surface area (Å²) in [6.45, 7) is 5.69. The summed E-state index contributed by atoms with van der Waals surface area (Å²) >= 11 is 1.40. The molecule has 5 nitrogen and oxygen atoms in total. The zero-order chi connectivity index (χ0) is 12.1. The first-order valence-corrected chi connectivity index (χ1v) is 6.02. The fourth-order valence-electron chi connectivity index (χ4n) is 1.51. The van der Waals surface area contributed by atoms with Crippen molar-refractivity contribution in [2.24, 2.45) is 4.99 Å². The van der Waals surface area contributed by atoms with Crippen LogP contribution in [0.5, 0.6) is 0 Å². The van der Waals surface area contributed by atoms with E-state index in [-0.39, 0.29) is 6.04 Å². The molecule has 0 aliphatic heterocycles. The zero-order valence-corrected chi connectivity index (χ0v) is 10.6. The Balaban J connectivity index is 2.94. The highest BCUT2D eigenvalue weighted by molar-refractivity contribution is 8.13. The first-order chi connectivity index (χ1) is 7.60. The molecular weight excluding hydrogens is 224 g/mol. The number of aromatic nitrogens is 1. The minimum absolute atomic E-state index is 0.0745. The van der Waals surface area contributed by atoms with E-state index in [0.29, 0.717) is 5.17 Å². The Kier molecular flexibility index (Phi) is 4.38. The fourth-order valence-corrected chi connectivity index (χ4v) is 1.92. The van der Waals surface area contributed by atoms with Gasteiger partial charge < -0.3 is 4.52 Å². The molecule has 0 bridgehead atoms. The van der Waals surface area contributed by atoms with Gasteiger partial charge in [0, 0.05) is 5.56 Å². The summed E-state index contributed by atoms with van der Waals surface area (Å²) in [6, 6.07) is -0.0745. The van der Waals surface area contributed by atoms with Crippen molar-refractivity contribution in [3.63, 3.8) is 0 Å². The molecule has 0 amide bonds. The van der Waals surface area contributed by atoms with Crippen molar-refractivity contribution in [1.82, 2.24) is 10.5 Å². The molecule has 1 rings (SSSR count). The van der Waals surface area contributed by atoms with Crippen LogP contribution in [0.25, 0.3) is 0 Å². The van der Waals surface area contributed by atoms with Gasteiger partial charge in [-0.05, 0) is 27.0 Å². The molecule has 0 spiro atoms. The van der Waals surface area contributed by atoms with Gasteiger partial charge in [0.1, 0.15) is 5.76 Å². The normalized spacial score (nSPS) is 13.3. The Morgan fingerprint density at radius 1 is 1.62 bits per heavy atom. The number of aryl methyl sites for hydroxylation is 2. The van der Waals surface area contributed by atoms with Gasteiger partial charge in [0.05, 0.1) is 11.7 Å². The Morgan fingerprint density at radius 2 is 2.31 bits per heavy atom. The van der Waals surface area contributed by atoms with E-state index >= 15 is 0 Å². The third-order valence-corrected chi connectivity index (χ3v) is 2.77. The van der Waals surface area contributed by atoms with Crippen LogP contribution in [0.4, 0.5) is 0 Å². The van der Waals surface area contributed by atoms with E-state index in [4.69, 9.17) is 9.78 Å². The molecule has 6 heteroatoms. The van der Waals surface area contributed by atoms with Gasteiger partial charge in [-0.25, -0.2) is 0 Å². The van der Waals surface area contributed by atoms with Crippen molar-refractivity contribution in [3.05, 3.63) is 17.0 Å². The van der Waals surface area contributed by atoms with Crippen LogP contribution in [0.2, 0.25) is 0 Å². The van der Waals surface area contributed by atoms with Crippen molar-refractivity contribution in [1.29, 1.82) is 5.26 Å². The standard InChI is InChI=1S/C10H14N4OS/c1-6(13-10(16-4)12-5-11)9-7(2)14-15-8(9)3/h6H,1-4H3,(H,12,13). The van der Waals surface area contributed by atoms with Gasteiger partial charge in [0.25, 0.3) is 0 Å². The summed E-state index contributed by atoms with van der Waals surface area (Å²) in [6.07, 6.45) is 3.72. The number of nitriles is 1. The van der Waals surface area contributed by atoms with Gasteiger partial charge in [-0.1, -0.05) is 16.9 Å². The largest absolute Gasteiger partial charge is 0.361 e. The average Bonchev–Trinajstić information content (AvgIpc) is 2.57. The van der Waals surface area contributed by atoms with Crippen molar-refractivity contribution < 1.29 is 4.52 Å². The minimum atomic E-state index is -0.0745. The van der Waals surface area contributed by atoms with E-state index in [0.717, 1.165) is 17.0 Å². The molecule has 0 saturated heterocycles. The van der Waals surface area contributed by atoms with Crippen molar-refractivity contribution in [2.45, 2.75) is 26.8 Å². The van der Waals surface area contributed by atoms with Gasteiger partial charge in [0.2, 0.25) is 0 Å². The molecule has 0 radical (unpaired) electrons. The van der Waals surface area contributed by atoms with Crippen LogP contribution >= 0.6 is 11.8 Å². The SMILES string of the molecule is CSC(=NC(C)c1c(C)noc1C)NC#N. The predicted molar refractivity (Wildman–Crippen MR) is 64.1 cm³/mol. The van der Waals surface area contributed by atoms with E-state index in [1.807, 2.05) is 33.2 Å². The van der Waals surface area contributed by atoms with E-state index in [9.17, 15) is 0 Å². The maximum Gasteiger partial charge on any atom is 0.183 e. The monoisotopic (exact) mass is 238 g/mol. The molecule has 1 aromatic rings. The van der Waals surface area contributed by atoms with Gasteiger partial charge in [-0.2, -0.15) is 5.26 Å². The van der Waals surface area contributed by atoms with Crippen LogP contribution in [0.3, 0.4) is 0 Å². The summed E-state index contributed by atoms with van der Waals surface area (Å²) in [7, 11) is 0. The summed E-state index contributed by atoms with van der Waals surface area (Å²) in [4.78, 5) is 4.39. The lowest BCUT2D eigenvalue weighted by Gasteiger charge is -2.07. The molecule has 1 heterocycles. The Morgan fingerprint density at radius 3 is 2.75 bits per heavy atom. The first kappa shape index (κ1) is 12.6. The quantitative estimate of drug-likeness (QED) is 0.370. The Bertz CT molecular complexity index is 413. The number of amidine groups is 1. The fraction of sp³-hybridized carbons (Fsp3) is 0.500. The number of rotatable bonds is 2. The lowest BCUT2D eigenvalue weighted by atomic mass is 10.1. The molecule has 86 valence electrons. The summed E-state index contributed by atoms with van der Waals surface area (Å²) in [5, 5.41) is 15.5. The number of nitrogens with zero attached hydrogens (tertiary/aromatic N) is 3. The molecule has 0 aliphatic carbocycles. The molecular formula is C10H14N4OS. The van der Waals surface area contributed by atoms with E-state index in [1.54, 1.807) is 0 Å². The maximum absolute atomic E-state index is 8.53. The highest BCUT2D eigenvalue weighted by Crippen LogP contribution is 2.24. The van der Waals surface area contributed by atoms with E-state index < -0.39 is 0 Å². The van der Waals surface area contributed by atoms with Crippen LogP contribution in [0.15, 0.2) is 9.52 Å². The molecule has 1 atom stereocenters. The highest BCUT2D eigenvalue weighted by Gasteiger charge is 2.16. The van der Waals surface area contributed by atoms with Gasteiger partial charge in [-0.15, -0.1) is 0 Å². The lowest BCUT2D eigenvalue weighted by molar-refractivity contribution is 0.391. The number of hydrogen-bond acceptors (Lipinski definition) is 5. The molecule has 1 unspecified atom stereocenters. The smallest absolute Gasteiger partial charge is 0.183 e. The van der Waals surface area contributed by atoms with Crippen molar-refractivity contribution in [2.75, 3.05) is 6.26 Å². The minimum Gasteiger partial charge on any atom is -0.361 e. The van der Waals surface area contributed by atoms with Crippen LogP contribution in [0, 0.1) is 25.3 Å². The third-order valence-electron chi connectivity index (χ3n) is 2.17. The van der Waals surface area contributed by atoms with Crippen LogP contribution in [-0.4, -0.2) is 16.6 Å². The summed E-state index contributed by atoms with van der Waals surface area (Å²) in [5.74, 6) is 0.770. The van der Waals surface area contributed by atoms with Crippen LogP contribution < -0.4 is 5.32 Å². The molecule has 0 saturated carbocycles. The van der Waals surface area contributed by atoms with Gasteiger partial charge in [-0.3, -0.25) is 10.3 Å². The second kappa shape index (κ2) is 5.56. The second-order valence-corrected chi connectivity index (χ2v) is 4.08. The van der Waals surface area contributed by atoms with Crippen molar-refractivity contribution >= 4 is 16.9 Å². The summed E-state index contributed by atoms with van der Waals surface area (Å²) in [5.41, 5.74) is 1.82. The zero-order valence-electron chi connectivity index (χ0n) is 9.74. The van der Waals surface area contributed by atoms with Gasteiger partial charge >= 0.3 is 0 Å². The molecule has 16 heavy (non-hydrogen) atoms. The number of hydrogen-bond donors (Lipinski definition) is 1. The number of nitrogens with one attached hydrogen (secondary N) is 1. The third kappa shape index (κ3) is 2.76. The second-order valence-electron chi connectivity index (χ2n) is 3.29. The molecule has 0 aromatic carbocycles. The van der Waals surface area contributed by atoms with Gasteiger partial charge in [0.15, 0.2) is 11.4 Å². The first-order valence-electron chi connectivity index (χ1n) is 4.79. The average molecular weight is 238 g/mol. The van der Waals surface area contributed by atoms with E-state index in [2.05, 4.69) is 15.5 Å². The predicted octanol–water partition coefficient (Wildman–Crippen LogP) is 2.14. The Hall–Kier alpha value is -1.48. The highest BCUT2D eigenvalue weighted by atomic mass is 32.2.